The summed E-state index contributed by atoms with van der Waals surface area (Å²) in [5.74, 6) is 0. The van der Waals surface area contributed by atoms with Gasteiger partial charge < -0.3 is 10.1 Å². The van der Waals surface area contributed by atoms with Crippen molar-refractivity contribution in [2.24, 2.45) is 0 Å². The van der Waals surface area contributed by atoms with Gasteiger partial charge in [-0.1, -0.05) is 0 Å². The number of carbonyl (C=O) groups is 1. The SMILES string of the molecule is CCOC(=O)NCCc1ccc([N+](=O)[O-])cc1[N+](=O)[O-]. The summed E-state index contributed by atoms with van der Waals surface area (Å²) in [6, 6.07) is 3.40. The first-order valence-electron chi connectivity index (χ1n) is 5.78. The molecule has 20 heavy (non-hydrogen) atoms. The molecule has 0 spiro atoms. The molecule has 1 aromatic rings. The standard InChI is InChI=1S/C11H13N3O6/c1-2-20-11(15)12-6-5-8-3-4-9(13(16)17)7-10(8)14(18)19/h3-4,7H,2,5-6H2,1H3,(H,12,15). The summed E-state index contributed by atoms with van der Waals surface area (Å²) in [6.07, 6.45) is -0.440. The van der Waals surface area contributed by atoms with Crippen LogP contribution in [0.2, 0.25) is 0 Å². The van der Waals surface area contributed by atoms with Crippen LogP contribution in [0.25, 0.3) is 0 Å². The van der Waals surface area contributed by atoms with Crippen LogP contribution in [0, 0.1) is 20.2 Å². The summed E-state index contributed by atoms with van der Waals surface area (Å²) >= 11 is 0. The lowest BCUT2D eigenvalue weighted by atomic mass is 10.1. The summed E-state index contributed by atoms with van der Waals surface area (Å²) < 4.78 is 4.63. The van der Waals surface area contributed by atoms with Gasteiger partial charge in [0.2, 0.25) is 0 Å². The van der Waals surface area contributed by atoms with E-state index < -0.39 is 15.9 Å². The molecule has 0 fully saturated rings. The lowest BCUT2D eigenvalue weighted by Crippen LogP contribution is -2.26. The van der Waals surface area contributed by atoms with E-state index in [4.69, 9.17) is 0 Å². The zero-order valence-electron chi connectivity index (χ0n) is 10.7. The molecule has 0 atom stereocenters. The number of nitrogens with zero attached hydrogens (tertiary/aromatic N) is 2. The molecule has 0 aliphatic heterocycles. The third kappa shape index (κ3) is 4.19. The van der Waals surface area contributed by atoms with Crippen LogP contribution < -0.4 is 5.32 Å². The second-order valence-electron chi connectivity index (χ2n) is 3.72. The molecule has 0 aliphatic carbocycles. The first-order valence-corrected chi connectivity index (χ1v) is 5.78. The topological polar surface area (TPSA) is 125 Å². The smallest absolute Gasteiger partial charge is 0.407 e. The first kappa shape index (κ1) is 15.3. The zero-order chi connectivity index (χ0) is 15.1. The van der Waals surface area contributed by atoms with Crippen LogP contribution in [0.3, 0.4) is 0 Å². The van der Waals surface area contributed by atoms with Gasteiger partial charge in [-0.15, -0.1) is 0 Å². The second-order valence-corrected chi connectivity index (χ2v) is 3.72. The highest BCUT2D eigenvalue weighted by Gasteiger charge is 2.19. The summed E-state index contributed by atoms with van der Waals surface area (Å²) in [5.41, 5.74) is -0.388. The van der Waals surface area contributed by atoms with Gasteiger partial charge in [0.05, 0.1) is 22.5 Å². The van der Waals surface area contributed by atoms with Crippen LogP contribution >= 0.6 is 0 Å². The van der Waals surface area contributed by atoms with E-state index in [0.29, 0.717) is 5.56 Å². The third-order valence-corrected chi connectivity index (χ3v) is 2.42. The summed E-state index contributed by atoms with van der Waals surface area (Å²) in [7, 11) is 0. The molecule has 108 valence electrons. The van der Waals surface area contributed by atoms with Gasteiger partial charge in [0, 0.05) is 18.2 Å². The second kappa shape index (κ2) is 7.02. The van der Waals surface area contributed by atoms with Crippen LogP contribution in [0.15, 0.2) is 18.2 Å². The molecule has 0 bridgehead atoms. The molecule has 1 amide bonds. The highest BCUT2D eigenvalue weighted by molar-refractivity contribution is 5.67. The molecule has 0 aliphatic rings. The Hall–Kier alpha value is -2.71. The van der Waals surface area contributed by atoms with Crippen molar-refractivity contribution in [3.05, 3.63) is 44.0 Å². The Balaban J connectivity index is 2.77. The van der Waals surface area contributed by atoms with Crippen molar-refractivity contribution in [3.8, 4) is 0 Å². The Morgan fingerprint density at radius 2 is 2.00 bits per heavy atom. The largest absolute Gasteiger partial charge is 0.450 e. The van der Waals surface area contributed by atoms with Crippen molar-refractivity contribution >= 4 is 17.5 Å². The zero-order valence-corrected chi connectivity index (χ0v) is 10.7. The average molecular weight is 283 g/mol. The minimum Gasteiger partial charge on any atom is -0.450 e. The minimum atomic E-state index is -0.701. The first-order chi connectivity index (χ1) is 9.45. The maximum Gasteiger partial charge on any atom is 0.407 e. The number of non-ortho nitro benzene ring substituents is 1. The van der Waals surface area contributed by atoms with Crippen molar-refractivity contribution < 1.29 is 19.4 Å². The number of rotatable bonds is 6. The minimum absolute atomic E-state index is 0.136. The molecular formula is C11H13N3O6. The van der Waals surface area contributed by atoms with Crippen LogP contribution in [0.5, 0.6) is 0 Å². The molecule has 0 aromatic heterocycles. The molecule has 0 saturated carbocycles. The van der Waals surface area contributed by atoms with Crippen molar-refractivity contribution in [2.75, 3.05) is 13.2 Å². The summed E-state index contributed by atoms with van der Waals surface area (Å²) in [4.78, 5) is 31.1. The van der Waals surface area contributed by atoms with Crippen LogP contribution in [-0.4, -0.2) is 29.1 Å². The van der Waals surface area contributed by atoms with E-state index in [1.54, 1.807) is 6.92 Å². The maximum absolute atomic E-state index is 11.0. The average Bonchev–Trinajstić information content (AvgIpc) is 2.38. The molecular weight excluding hydrogens is 270 g/mol. The van der Waals surface area contributed by atoms with Crippen LogP contribution in [0.1, 0.15) is 12.5 Å². The molecule has 1 aromatic carbocycles. The number of ether oxygens (including phenoxy) is 1. The van der Waals surface area contributed by atoms with Crippen molar-refractivity contribution in [1.82, 2.24) is 5.32 Å². The molecule has 0 heterocycles. The molecule has 1 N–H and O–H groups in total. The summed E-state index contributed by atoms with van der Waals surface area (Å²) in [6.45, 7) is 2.02. The molecule has 0 saturated heterocycles. The molecule has 9 heteroatoms. The van der Waals surface area contributed by atoms with Gasteiger partial charge in [-0.2, -0.15) is 0 Å². The van der Waals surface area contributed by atoms with Gasteiger partial charge >= 0.3 is 6.09 Å². The highest BCUT2D eigenvalue weighted by atomic mass is 16.6. The molecule has 0 unspecified atom stereocenters. The highest BCUT2D eigenvalue weighted by Crippen LogP contribution is 2.24. The predicted octanol–water partition coefficient (Wildman–Crippen LogP) is 1.79. The molecule has 0 radical (unpaired) electrons. The Bertz CT molecular complexity index is 531. The van der Waals surface area contributed by atoms with Gasteiger partial charge in [-0.25, -0.2) is 4.79 Å². The van der Waals surface area contributed by atoms with E-state index in [-0.39, 0.29) is 30.9 Å². The van der Waals surface area contributed by atoms with E-state index in [1.807, 2.05) is 0 Å². The third-order valence-electron chi connectivity index (χ3n) is 2.42. The van der Waals surface area contributed by atoms with E-state index in [1.165, 1.54) is 12.1 Å². The number of hydrogen-bond donors (Lipinski definition) is 1. The van der Waals surface area contributed by atoms with Crippen LogP contribution in [0.4, 0.5) is 16.2 Å². The van der Waals surface area contributed by atoms with Gasteiger partial charge in [0.15, 0.2) is 0 Å². The van der Waals surface area contributed by atoms with E-state index in [0.717, 1.165) is 6.07 Å². The number of nitro groups is 2. The van der Waals surface area contributed by atoms with Gasteiger partial charge in [-0.05, 0) is 19.4 Å². The number of alkyl carbamates (subject to hydrolysis) is 1. The predicted molar refractivity (Wildman–Crippen MR) is 68.5 cm³/mol. The Morgan fingerprint density at radius 1 is 1.30 bits per heavy atom. The number of carbonyl (C=O) groups excluding carboxylic acids is 1. The fourth-order valence-corrected chi connectivity index (χ4v) is 1.53. The van der Waals surface area contributed by atoms with Crippen molar-refractivity contribution in [2.45, 2.75) is 13.3 Å². The quantitative estimate of drug-likeness (QED) is 0.626. The number of amides is 1. The Labute approximate surface area is 113 Å². The lowest BCUT2D eigenvalue weighted by Gasteiger charge is -2.05. The Kier molecular flexibility index (Phi) is 5.39. The lowest BCUT2D eigenvalue weighted by molar-refractivity contribution is -0.394. The monoisotopic (exact) mass is 283 g/mol. The van der Waals surface area contributed by atoms with Crippen molar-refractivity contribution in [3.63, 3.8) is 0 Å². The van der Waals surface area contributed by atoms with E-state index in [2.05, 4.69) is 10.1 Å². The van der Waals surface area contributed by atoms with Gasteiger partial charge in [0.25, 0.3) is 11.4 Å². The van der Waals surface area contributed by atoms with Crippen molar-refractivity contribution in [1.29, 1.82) is 0 Å². The summed E-state index contributed by atoms with van der Waals surface area (Å²) in [5, 5.41) is 23.9. The maximum atomic E-state index is 11.0. The Morgan fingerprint density at radius 3 is 2.55 bits per heavy atom. The molecule has 1 rings (SSSR count). The van der Waals surface area contributed by atoms with E-state index in [9.17, 15) is 25.0 Å². The number of nitrogens with one attached hydrogen (secondary N) is 1. The fraction of sp³-hybridized carbons (Fsp3) is 0.364. The van der Waals surface area contributed by atoms with Gasteiger partial charge in [-0.3, -0.25) is 20.2 Å². The molecule has 9 nitrogen and oxygen atoms in total. The van der Waals surface area contributed by atoms with E-state index >= 15 is 0 Å². The van der Waals surface area contributed by atoms with Gasteiger partial charge in [0.1, 0.15) is 0 Å². The number of hydrogen-bond acceptors (Lipinski definition) is 6. The normalized spacial score (nSPS) is 9.85. The number of nitro benzene ring substituents is 2. The van der Waals surface area contributed by atoms with Crippen LogP contribution in [-0.2, 0) is 11.2 Å². The fourth-order valence-electron chi connectivity index (χ4n) is 1.53. The number of benzene rings is 1.